The second kappa shape index (κ2) is 35.2. The number of hydrogen-bond donors (Lipinski definition) is 3. The molecule has 4 rings (SSSR count). The Bertz CT molecular complexity index is 1910. The minimum Gasteiger partial charge on any atom is -0.480 e. The Morgan fingerprint density at radius 3 is 1.45 bits per heavy atom. The number of carboxylic acid groups (broad SMARTS) is 1. The summed E-state index contributed by atoms with van der Waals surface area (Å²) in [5, 5.41) is 23.5. The Kier molecular flexibility index (Phi) is 29.2. The van der Waals surface area contributed by atoms with Crippen molar-refractivity contribution < 1.29 is 72.1 Å². The van der Waals surface area contributed by atoms with Gasteiger partial charge in [0.2, 0.25) is 0 Å². The molecule has 6 atom stereocenters. The van der Waals surface area contributed by atoms with E-state index in [4.69, 9.17) is 33.2 Å². The van der Waals surface area contributed by atoms with Crippen LogP contribution in [-0.4, -0.2) is 110 Å². The number of methoxy groups -OCH3 is 1. The van der Waals surface area contributed by atoms with Gasteiger partial charge < -0.3 is 48.7 Å². The Hall–Kier alpha value is -5.06. The van der Waals surface area contributed by atoms with Gasteiger partial charge in [0.25, 0.3) is 0 Å². The molecule has 1 fully saturated rings. The van der Waals surface area contributed by atoms with Crippen molar-refractivity contribution in [2.24, 2.45) is 0 Å². The molecule has 1 amide bonds. The lowest BCUT2D eigenvalue weighted by atomic mass is 9.98. The molecule has 2 aromatic carbocycles. The molecule has 408 valence electrons. The van der Waals surface area contributed by atoms with Gasteiger partial charge in [-0.1, -0.05) is 191 Å². The molecule has 2 aromatic rings. The molecule has 16 heteroatoms. The van der Waals surface area contributed by atoms with Crippen molar-refractivity contribution in [3.8, 4) is 11.1 Å². The lowest BCUT2D eigenvalue weighted by molar-refractivity contribution is -0.301. The number of rotatable bonds is 38. The van der Waals surface area contributed by atoms with E-state index in [1.165, 1.54) is 90.6 Å². The number of benzene rings is 2. The van der Waals surface area contributed by atoms with Gasteiger partial charge in [-0.2, -0.15) is 0 Å². The van der Waals surface area contributed by atoms with Gasteiger partial charge in [0.1, 0.15) is 32.0 Å². The predicted octanol–water partition coefficient (Wildman–Crippen LogP) is 10.8. The third-order valence-corrected chi connectivity index (χ3v) is 13.6. The lowest BCUT2D eigenvalue weighted by Gasteiger charge is -2.42. The van der Waals surface area contributed by atoms with E-state index in [9.17, 15) is 39.0 Å². The van der Waals surface area contributed by atoms with Gasteiger partial charge in [-0.3, -0.25) is 19.2 Å². The first-order chi connectivity index (χ1) is 35.5. The van der Waals surface area contributed by atoms with Crippen molar-refractivity contribution in [1.29, 1.82) is 0 Å². The van der Waals surface area contributed by atoms with Crippen LogP contribution in [-0.2, 0) is 57.1 Å². The molecule has 1 aliphatic carbocycles. The van der Waals surface area contributed by atoms with Gasteiger partial charge in [-0.25, -0.2) is 9.59 Å². The maximum atomic E-state index is 13.2. The Labute approximate surface area is 433 Å². The molecule has 0 aromatic heterocycles. The second-order valence-corrected chi connectivity index (χ2v) is 19.5. The van der Waals surface area contributed by atoms with Crippen LogP contribution in [0.25, 0.3) is 11.1 Å². The van der Waals surface area contributed by atoms with Crippen LogP contribution in [0.5, 0.6) is 0 Å². The highest BCUT2D eigenvalue weighted by Gasteiger charge is 2.50. The van der Waals surface area contributed by atoms with Crippen LogP contribution in [0.15, 0.2) is 48.5 Å². The van der Waals surface area contributed by atoms with E-state index in [2.05, 4.69) is 19.2 Å². The minimum atomic E-state index is -1.64. The van der Waals surface area contributed by atoms with Crippen LogP contribution in [0.2, 0.25) is 0 Å². The van der Waals surface area contributed by atoms with Crippen molar-refractivity contribution in [2.45, 2.75) is 223 Å². The van der Waals surface area contributed by atoms with Crippen molar-refractivity contribution in [3.63, 3.8) is 0 Å². The number of alkyl carbamates (subject to hydrolysis) is 1. The molecular weight excluding hydrogens is 939 g/mol. The van der Waals surface area contributed by atoms with Crippen LogP contribution < -0.4 is 5.32 Å². The quantitative estimate of drug-likeness (QED) is 0.0324. The number of aliphatic hydroxyl groups is 1. The number of aliphatic hydroxyl groups excluding tert-OH is 1. The smallest absolute Gasteiger partial charge is 0.407 e. The molecule has 0 spiro atoms. The van der Waals surface area contributed by atoms with Crippen LogP contribution in [0.1, 0.15) is 198 Å². The molecule has 0 bridgehead atoms. The summed E-state index contributed by atoms with van der Waals surface area (Å²) < 4.78 is 39.0. The number of carbonyl (C=O) groups is 6. The number of fused-ring (bicyclic) bond motifs is 3. The minimum absolute atomic E-state index is 0.0536. The topological polar surface area (TPSA) is 220 Å². The molecule has 2 aliphatic rings. The molecule has 1 heterocycles. The third kappa shape index (κ3) is 22.1. The van der Waals surface area contributed by atoms with Gasteiger partial charge in [0.15, 0.2) is 24.5 Å². The Morgan fingerprint density at radius 1 is 0.548 bits per heavy atom. The summed E-state index contributed by atoms with van der Waals surface area (Å²) in [6.45, 7) is 3.09. The van der Waals surface area contributed by atoms with Gasteiger partial charge in [0.05, 0.1) is 12.8 Å². The first-order valence-electron chi connectivity index (χ1n) is 27.4. The van der Waals surface area contributed by atoms with Crippen LogP contribution in [0, 0.1) is 0 Å². The fraction of sp³-hybridized carbons (Fsp3) is 0.684. The Morgan fingerprint density at radius 2 is 0.986 bits per heavy atom. The van der Waals surface area contributed by atoms with Crippen LogP contribution in [0.4, 0.5) is 4.79 Å². The number of amides is 1. The summed E-state index contributed by atoms with van der Waals surface area (Å²) in [7, 11) is 1.31. The maximum Gasteiger partial charge on any atom is 0.407 e. The number of aliphatic carboxylic acids is 1. The van der Waals surface area contributed by atoms with E-state index in [1.54, 1.807) is 0 Å². The molecule has 1 saturated heterocycles. The summed E-state index contributed by atoms with van der Waals surface area (Å²) in [5.74, 6) is -4.68. The average molecular weight is 1020 g/mol. The van der Waals surface area contributed by atoms with Gasteiger partial charge in [-0.05, 0) is 35.1 Å². The molecule has 16 nitrogen and oxygen atoms in total. The van der Waals surface area contributed by atoms with Crippen LogP contribution >= 0.6 is 0 Å². The summed E-state index contributed by atoms with van der Waals surface area (Å²) in [6, 6.07) is 13.9. The molecule has 0 unspecified atom stereocenters. The van der Waals surface area contributed by atoms with Gasteiger partial charge in [0, 0.05) is 25.9 Å². The fourth-order valence-electron chi connectivity index (χ4n) is 9.42. The number of unbranched alkanes of at least 4 members (excludes halogenated alkanes) is 20. The number of nitrogens with one attached hydrogen (secondary N) is 1. The van der Waals surface area contributed by atoms with E-state index in [0.717, 1.165) is 67.2 Å². The van der Waals surface area contributed by atoms with E-state index in [0.29, 0.717) is 12.8 Å². The molecular formula is C57H85NO15. The first kappa shape index (κ1) is 60.5. The largest absolute Gasteiger partial charge is 0.480 e. The van der Waals surface area contributed by atoms with Crippen molar-refractivity contribution in [3.05, 3.63) is 59.7 Å². The first-order valence-corrected chi connectivity index (χ1v) is 27.4. The highest BCUT2D eigenvalue weighted by atomic mass is 16.7. The normalized spacial score (nSPS) is 18.5. The highest BCUT2D eigenvalue weighted by molar-refractivity contribution is 5.82. The molecule has 1 aliphatic heterocycles. The zero-order chi connectivity index (χ0) is 52.6. The van der Waals surface area contributed by atoms with Crippen molar-refractivity contribution >= 4 is 35.9 Å². The van der Waals surface area contributed by atoms with E-state index in [1.807, 2.05) is 48.5 Å². The number of hydrogen-bond acceptors (Lipinski definition) is 14. The second-order valence-electron chi connectivity index (χ2n) is 19.5. The predicted molar refractivity (Wildman–Crippen MR) is 274 cm³/mol. The average Bonchev–Trinajstić information content (AvgIpc) is 3.71. The van der Waals surface area contributed by atoms with Gasteiger partial charge in [-0.15, -0.1) is 0 Å². The van der Waals surface area contributed by atoms with Gasteiger partial charge >= 0.3 is 35.9 Å². The standard InChI is InChI=1S/C57H85NO15/c1-4-6-8-10-12-14-16-18-20-22-24-34-50(61)72-53-52(63)47(71-56(67-3)54(53)73-51(62)35-25-23-21-19-17-15-13-11-9-7-5-2)40-69-49(60)37-36-48(59)68-39-46(55(64)65)58-57(66)70-38-45-43-32-28-26-30-41(43)42-31-27-29-33-44(42)45/h26-33,45-47,52-54,56,63H,4-25,34-40H2,1-3H3,(H,58,66)(H,64,65)/t46-,47+,52+,53-,54+,56-/m0/s1. The van der Waals surface area contributed by atoms with E-state index in [-0.39, 0.29) is 25.4 Å². The number of esters is 4. The fourth-order valence-corrected chi connectivity index (χ4v) is 9.42. The van der Waals surface area contributed by atoms with Crippen molar-refractivity contribution in [2.75, 3.05) is 26.9 Å². The molecule has 73 heavy (non-hydrogen) atoms. The number of ether oxygens (including phenoxy) is 7. The summed E-state index contributed by atoms with van der Waals surface area (Å²) in [6.07, 6.45) is 15.8. The van der Waals surface area contributed by atoms with Crippen LogP contribution in [0.3, 0.4) is 0 Å². The lowest BCUT2D eigenvalue weighted by Crippen LogP contribution is -2.61. The zero-order valence-corrected chi connectivity index (χ0v) is 43.9. The number of carboxylic acids is 1. The summed E-state index contributed by atoms with van der Waals surface area (Å²) >= 11 is 0. The zero-order valence-electron chi connectivity index (χ0n) is 43.9. The molecule has 0 saturated carbocycles. The molecule has 3 N–H and O–H groups in total. The SMILES string of the molecule is CCCCCCCCCCCCCC(=O)O[C@H]1[C@@H](OC)O[C@H](COC(=O)CCC(=O)OC[C@H](NC(=O)OCC2c3ccccc3-c3ccccc32)C(=O)O)[C@@H](O)[C@@H]1OC(=O)CCCCCCCCCCCCC. The van der Waals surface area contributed by atoms with E-state index < -0.39 is 98.7 Å². The molecule has 0 radical (unpaired) electrons. The van der Waals surface area contributed by atoms with E-state index >= 15 is 0 Å². The highest BCUT2D eigenvalue weighted by Crippen LogP contribution is 2.44. The third-order valence-electron chi connectivity index (χ3n) is 13.6. The summed E-state index contributed by atoms with van der Waals surface area (Å²) in [4.78, 5) is 76.6. The monoisotopic (exact) mass is 1020 g/mol. The summed E-state index contributed by atoms with van der Waals surface area (Å²) in [5.41, 5.74) is 4.01. The maximum absolute atomic E-state index is 13.2. The number of carbonyl (C=O) groups excluding carboxylic acids is 5. The van der Waals surface area contributed by atoms with Crippen molar-refractivity contribution in [1.82, 2.24) is 5.32 Å². The Balaban J connectivity index is 1.22.